The van der Waals surface area contributed by atoms with Crippen LogP contribution in [0.1, 0.15) is 11.1 Å². The van der Waals surface area contributed by atoms with Crippen LogP contribution in [0.25, 0.3) is 11.1 Å². The summed E-state index contributed by atoms with van der Waals surface area (Å²) < 4.78 is 48.3. The average Bonchev–Trinajstić information content (AvgIpc) is 2.72. The number of sulfonamides is 1. The van der Waals surface area contributed by atoms with Gasteiger partial charge in [-0.05, 0) is 55.3 Å². The number of anilines is 2. The molecule has 7 nitrogen and oxygen atoms in total. The number of aryl methyl sites for hydroxylation is 3. The zero-order chi connectivity index (χ0) is 23.6. The topological polar surface area (TPSA) is 89.4 Å². The minimum atomic E-state index is -3.82. The molecular weight excluding hydrogens is 433 g/mol. The van der Waals surface area contributed by atoms with E-state index in [1.807, 2.05) is 0 Å². The molecule has 0 spiro atoms. The predicted molar refractivity (Wildman–Crippen MR) is 125 cm³/mol. The molecule has 0 atom stereocenters. The molecule has 168 valence electrons. The molecule has 0 saturated heterocycles. The molecule has 3 rings (SSSR count). The van der Waals surface area contributed by atoms with E-state index in [9.17, 15) is 17.6 Å². The Hall–Kier alpha value is -3.59. The van der Waals surface area contributed by atoms with E-state index in [0.717, 1.165) is 5.41 Å². The summed E-state index contributed by atoms with van der Waals surface area (Å²) in [5.74, 6) is 0.402. The maximum atomic E-state index is 13.8. The van der Waals surface area contributed by atoms with E-state index in [1.165, 1.54) is 16.7 Å². The molecule has 1 aromatic heterocycles. The van der Waals surface area contributed by atoms with Crippen molar-refractivity contribution in [2.75, 3.05) is 17.1 Å². The third kappa shape index (κ3) is 4.67. The normalized spacial score (nSPS) is 11.2. The minimum absolute atomic E-state index is 0.237. The molecule has 0 fully saturated rings. The summed E-state index contributed by atoms with van der Waals surface area (Å²) in [4.78, 5) is 12.3. The van der Waals surface area contributed by atoms with E-state index in [0.29, 0.717) is 39.4 Å². The van der Waals surface area contributed by atoms with Crippen molar-refractivity contribution in [2.24, 2.45) is 7.05 Å². The number of pyridine rings is 1. The summed E-state index contributed by atoms with van der Waals surface area (Å²) in [6.45, 7) is 6.78. The van der Waals surface area contributed by atoms with Crippen molar-refractivity contribution in [2.45, 2.75) is 13.8 Å². The fraction of sp³-hybridized carbons (Fsp3) is 0.174. The Bertz CT molecular complexity index is 1340. The van der Waals surface area contributed by atoms with Gasteiger partial charge in [-0.3, -0.25) is 9.52 Å². The SMILES string of the molecule is C=CS(=O)(=O)Nc1cccc(Oc2c(C)cc(F)cc2C)c1-c1cc(NC)c(=O)n(C)c1. The van der Waals surface area contributed by atoms with Gasteiger partial charge in [0.2, 0.25) is 0 Å². The van der Waals surface area contributed by atoms with Gasteiger partial charge in [0.25, 0.3) is 15.6 Å². The Morgan fingerprint density at radius 2 is 1.78 bits per heavy atom. The van der Waals surface area contributed by atoms with Crippen LogP contribution in [0, 0.1) is 19.7 Å². The molecule has 32 heavy (non-hydrogen) atoms. The maximum Gasteiger partial charge on any atom is 0.273 e. The van der Waals surface area contributed by atoms with Crippen molar-refractivity contribution in [3.8, 4) is 22.6 Å². The predicted octanol–water partition coefficient (Wildman–Crippen LogP) is 4.53. The second-order valence-corrected chi connectivity index (χ2v) is 8.90. The standard InChI is InChI=1S/C23H24FN3O4S/c1-6-32(29,30)26-18-8-7-9-20(31-22-14(2)10-17(24)11-15(22)3)21(18)16-12-19(25-4)23(28)27(5)13-16/h6-13,25-26H,1H2,2-5H3. The summed E-state index contributed by atoms with van der Waals surface area (Å²) in [5.41, 5.74) is 2.43. The summed E-state index contributed by atoms with van der Waals surface area (Å²) in [7, 11) is -0.608. The Morgan fingerprint density at radius 1 is 1.12 bits per heavy atom. The van der Waals surface area contributed by atoms with Crippen LogP contribution >= 0.6 is 0 Å². The average molecular weight is 458 g/mol. The number of benzene rings is 2. The highest BCUT2D eigenvalue weighted by Gasteiger charge is 2.19. The number of nitrogens with zero attached hydrogens (tertiary/aromatic N) is 1. The molecule has 0 aliphatic heterocycles. The third-order valence-corrected chi connectivity index (χ3v) is 5.82. The second-order valence-electron chi connectivity index (χ2n) is 7.27. The Kier molecular flexibility index (Phi) is 6.40. The van der Waals surface area contributed by atoms with E-state index in [1.54, 1.807) is 58.4 Å². The molecule has 1 heterocycles. The Balaban J connectivity index is 2.29. The highest BCUT2D eigenvalue weighted by atomic mass is 32.2. The molecule has 0 aliphatic carbocycles. The van der Waals surface area contributed by atoms with E-state index >= 15 is 0 Å². The van der Waals surface area contributed by atoms with Crippen molar-refractivity contribution in [3.63, 3.8) is 0 Å². The van der Waals surface area contributed by atoms with Crippen molar-refractivity contribution in [1.29, 1.82) is 0 Å². The molecule has 9 heteroatoms. The van der Waals surface area contributed by atoms with Crippen LogP contribution in [-0.2, 0) is 17.1 Å². The molecule has 2 N–H and O–H groups in total. The molecule has 2 aromatic carbocycles. The van der Waals surface area contributed by atoms with E-state index in [4.69, 9.17) is 4.74 Å². The zero-order valence-electron chi connectivity index (χ0n) is 18.2. The first-order valence-corrected chi connectivity index (χ1v) is 11.2. The minimum Gasteiger partial charge on any atom is -0.456 e. The first kappa shape index (κ1) is 23.1. The molecule has 0 unspecified atom stereocenters. The van der Waals surface area contributed by atoms with E-state index < -0.39 is 10.0 Å². The quantitative estimate of drug-likeness (QED) is 0.544. The van der Waals surface area contributed by atoms with Crippen LogP contribution in [0.5, 0.6) is 11.5 Å². The van der Waals surface area contributed by atoms with Gasteiger partial charge in [0.15, 0.2) is 0 Å². The lowest BCUT2D eigenvalue weighted by Crippen LogP contribution is -2.19. The van der Waals surface area contributed by atoms with Gasteiger partial charge in [0.1, 0.15) is 23.0 Å². The Labute approximate surface area is 186 Å². The van der Waals surface area contributed by atoms with Gasteiger partial charge in [-0.15, -0.1) is 0 Å². The monoisotopic (exact) mass is 457 g/mol. The molecule has 0 bridgehead atoms. The van der Waals surface area contributed by atoms with Gasteiger partial charge >= 0.3 is 0 Å². The van der Waals surface area contributed by atoms with Crippen molar-refractivity contribution < 1.29 is 17.5 Å². The number of hydrogen-bond acceptors (Lipinski definition) is 5. The van der Waals surface area contributed by atoms with Crippen molar-refractivity contribution >= 4 is 21.4 Å². The zero-order valence-corrected chi connectivity index (χ0v) is 19.0. The molecule has 0 amide bonds. The van der Waals surface area contributed by atoms with Gasteiger partial charge in [-0.2, -0.15) is 0 Å². The molecule has 0 saturated carbocycles. The van der Waals surface area contributed by atoms with E-state index in [2.05, 4.69) is 16.6 Å². The first-order chi connectivity index (χ1) is 15.1. The van der Waals surface area contributed by atoms with Crippen molar-refractivity contribution in [3.05, 3.63) is 81.9 Å². The van der Waals surface area contributed by atoms with E-state index in [-0.39, 0.29) is 17.1 Å². The van der Waals surface area contributed by atoms with Crippen molar-refractivity contribution in [1.82, 2.24) is 4.57 Å². The van der Waals surface area contributed by atoms with Gasteiger partial charge in [0, 0.05) is 31.3 Å². The Morgan fingerprint density at radius 3 is 2.38 bits per heavy atom. The van der Waals surface area contributed by atoms with Crippen LogP contribution in [0.2, 0.25) is 0 Å². The lowest BCUT2D eigenvalue weighted by molar-refractivity contribution is 0.474. The number of hydrogen-bond donors (Lipinski definition) is 2. The number of halogens is 1. The smallest absolute Gasteiger partial charge is 0.273 e. The molecule has 0 aliphatic rings. The first-order valence-electron chi connectivity index (χ1n) is 9.68. The summed E-state index contributed by atoms with van der Waals surface area (Å²) in [6, 6.07) is 9.22. The highest BCUT2D eigenvalue weighted by Crippen LogP contribution is 2.41. The molecule has 3 aromatic rings. The number of nitrogens with one attached hydrogen (secondary N) is 2. The lowest BCUT2D eigenvalue weighted by Gasteiger charge is -2.19. The fourth-order valence-corrected chi connectivity index (χ4v) is 3.95. The van der Waals surface area contributed by atoms with Gasteiger partial charge in [-0.1, -0.05) is 12.6 Å². The number of ether oxygens (including phenoxy) is 1. The summed E-state index contributed by atoms with van der Waals surface area (Å²) in [6.07, 6.45) is 1.58. The lowest BCUT2D eigenvalue weighted by atomic mass is 10.0. The van der Waals surface area contributed by atoms with Crippen LogP contribution in [0.3, 0.4) is 0 Å². The fourth-order valence-electron chi connectivity index (χ4n) is 3.39. The summed E-state index contributed by atoms with van der Waals surface area (Å²) in [5, 5.41) is 3.65. The van der Waals surface area contributed by atoms with Crippen LogP contribution < -0.4 is 20.3 Å². The van der Waals surface area contributed by atoms with Crippen LogP contribution in [0.15, 0.2) is 59.4 Å². The number of rotatable bonds is 7. The van der Waals surface area contributed by atoms with Crippen LogP contribution in [0.4, 0.5) is 15.8 Å². The highest BCUT2D eigenvalue weighted by molar-refractivity contribution is 7.95. The molecule has 0 radical (unpaired) electrons. The van der Waals surface area contributed by atoms with Gasteiger partial charge < -0.3 is 14.6 Å². The number of aromatic nitrogens is 1. The largest absolute Gasteiger partial charge is 0.456 e. The van der Waals surface area contributed by atoms with Gasteiger partial charge in [0.05, 0.1) is 11.3 Å². The second kappa shape index (κ2) is 8.88. The molecular formula is C23H24FN3O4S. The van der Waals surface area contributed by atoms with Gasteiger partial charge in [-0.25, -0.2) is 12.8 Å². The third-order valence-electron chi connectivity index (χ3n) is 4.88. The van der Waals surface area contributed by atoms with Crippen LogP contribution in [-0.4, -0.2) is 20.0 Å². The summed E-state index contributed by atoms with van der Waals surface area (Å²) >= 11 is 0. The maximum absolute atomic E-state index is 13.8.